The number of hydrogen-bond acceptors (Lipinski definition) is 34. The molecule has 0 N–H and O–H groups in total. The summed E-state index contributed by atoms with van der Waals surface area (Å²) in [6.45, 7) is 0. The van der Waals surface area contributed by atoms with E-state index in [0.717, 1.165) is 36.4 Å². The molecule has 10 heterocycles. The second kappa shape index (κ2) is 32.8. The van der Waals surface area contributed by atoms with E-state index in [1.807, 2.05) is 0 Å². The van der Waals surface area contributed by atoms with Crippen molar-refractivity contribution in [2.45, 2.75) is 39.2 Å². The Morgan fingerprint density at radius 2 is 0.533 bits per heavy atom. The number of aromatic nitrogens is 12. The number of rotatable bonds is 16. The van der Waals surface area contributed by atoms with Gasteiger partial charge in [-0.1, -0.05) is 97.1 Å². The summed E-state index contributed by atoms with van der Waals surface area (Å²) in [5, 5.41) is 28.5. The summed E-state index contributed by atoms with van der Waals surface area (Å²) in [6, 6.07) is 44.4. The number of hydrogen-bond donors (Lipinski definition) is 0. The standard InChI is InChI=1S/C44H28N4O12S4.C32H16N8O12S4.2Fe/c49-59-60-61-29-9-1-25(2-10-29)41-33-17-19-35(45-33)42(26-3-11-30(12-4-26)62(50,51)52)37-21-23-39(47-37)44(28-7-15-32(16-8-28)64(56,57)58)40-24-22-38(48-40)43(36-20-18-34(41)46-36)27-5-13-31(14-6-27)63(53,54)55;41-51-52-53-13-1-5-17-21(9-13)29-33-25(17)35-30-23-11-15(55(45,46)47)3-7-19(23)27(37-30)39-32-24-12-16(56(48,49)50)4-8-20(24)28(40-32)38-31-22-10-14(54(42,43)44)2-6-18(22)26(34-29)36-31;;/h1-24,49H,(H,50,51,52)(H,53,54,55)(H,56,57,58);1-12H,(H4-2,33,34,35,36,37,38,39,40,41,42,43,44,45,46,47,48,49,50);;/q2*-2;2*+2/p-8. The van der Waals surface area contributed by atoms with Crippen molar-refractivity contribution in [1.29, 1.82) is 0 Å². The maximum absolute atomic E-state index is 12.1. The molecule has 0 fully saturated rings. The van der Waals surface area contributed by atoms with E-state index in [1.54, 1.807) is 78.9 Å². The first-order valence-corrected chi connectivity index (χ1v) is 43.8. The van der Waals surface area contributed by atoms with Gasteiger partial charge >= 0.3 is 34.1 Å². The fraction of sp³-hybridized carbons (Fsp3) is 0. The van der Waals surface area contributed by atoms with Crippen LogP contribution in [0.1, 0.15) is 22.8 Å². The normalized spacial score (nSPS) is 12.7. The van der Waals surface area contributed by atoms with Crippen LogP contribution >= 0.6 is 24.1 Å². The molecule has 0 amide bonds. The van der Waals surface area contributed by atoms with Crippen molar-refractivity contribution in [1.82, 2.24) is 59.8 Å². The molecule has 36 nitrogen and oxygen atoms in total. The maximum Gasteiger partial charge on any atom is 2.00 e. The van der Waals surface area contributed by atoms with Gasteiger partial charge in [-0.15, -0.1) is 22.1 Å². The van der Waals surface area contributed by atoms with Crippen LogP contribution in [0.3, 0.4) is 0 Å². The molecule has 0 atom stereocenters. The Kier molecular flexibility index (Phi) is 23.0. The minimum Gasteiger partial charge on any atom is -0.744 e. The van der Waals surface area contributed by atoms with Gasteiger partial charge in [-0.05, 0) is 187 Å². The Morgan fingerprint density at radius 3 is 0.869 bits per heavy atom. The number of fused-ring (bicyclic) bond motifs is 28. The van der Waals surface area contributed by atoms with Crippen molar-refractivity contribution >= 4 is 175 Å². The number of benzene rings is 8. The topological polar surface area (TPSA) is 586 Å². The summed E-state index contributed by atoms with van der Waals surface area (Å²) in [6.07, 6.45) is 6.91. The van der Waals surface area contributed by atoms with E-state index in [0.29, 0.717) is 134 Å². The molecule has 18 rings (SSSR count). The minimum absolute atomic E-state index is 0. The first-order valence-electron chi connectivity index (χ1n) is 33.9. The quantitative estimate of drug-likeness (QED) is 0.0287. The first-order chi connectivity index (χ1) is 57.1. The minimum atomic E-state index is -4.99. The molecule has 122 heavy (non-hydrogen) atoms. The van der Waals surface area contributed by atoms with Crippen molar-refractivity contribution in [2.75, 3.05) is 0 Å². The van der Waals surface area contributed by atoms with E-state index in [9.17, 15) is 88.3 Å². The van der Waals surface area contributed by atoms with Crippen LogP contribution in [0.5, 0.6) is 0 Å². The molecule has 0 aliphatic carbocycles. The van der Waals surface area contributed by atoms with Gasteiger partial charge in [0.05, 0.1) is 99.5 Å². The van der Waals surface area contributed by atoms with E-state index in [1.165, 1.54) is 103 Å². The van der Waals surface area contributed by atoms with E-state index < -0.39 is 90.1 Å². The van der Waals surface area contributed by atoms with Crippen LogP contribution in [0, 0.1) is 0 Å². The van der Waals surface area contributed by atoms with Gasteiger partial charge in [0.25, 0.3) is 0 Å². The molecule has 46 heteroatoms. The molecule has 0 radical (unpaired) electrons. The van der Waals surface area contributed by atoms with E-state index in [4.69, 9.17) is 19.9 Å². The number of nitrogens with zero attached hydrogens (tertiary/aromatic N) is 12. The van der Waals surface area contributed by atoms with Crippen molar-refractivity contribution in [3.05, 3.63) is 217 Å². The summed E-state index contributed by atoms with van der Waals surface area (Å²) in [5.41, 5.74) is 7.24. The zero-order chi connectivity index (χ0) is 84.3. The molecule has 8 aromatic carbocycles. The molecule has 0 spiro atoms. The fourth-order valence-electron chi connectivity index (χ4n) is 13.5. The smallest absolute Gasteiger partial charge is 0.744 e. The molecule has 616 valence electrons. The predicted molar refractivity (Wildman–Crippen MR) is 416 cm³/mol. The monoisotopic (exact) mass is 1870 g/mol. The molecular weight excluding hydrogens is 1830 g/mol. The summed E-state index contributed by atoms with van der Waals surface area (Å²) >= 11 is 1.28. The molecule has 4 aliphatic heterocycles. The van der Waals surface area contributed by atoms with Crippen LogP contribution in [0.25, 0.3) is 181 Å². The molecule has 6 aromatic heterocycles. The van der Waals surface area contributed by atoms with Crippen LogP contribution < -0.4 is 30.5 Å². The molecular formula is C76H36Fe2N12O24S8-8. The second-order valence-corrected chi connectivity index (χ2v) is 35.8. The Labute approximate surface area is 716 Å². The molecule has 4 aliphatic rings. The van der Waals surface area contributed by atoms with Gasteiger partial charge in [0, 0.05) is 54.6 Å². The van der Waals surface area contributed by atoms with Gasteiger partial charge in [-0.25, -0.2) is 70.4 Å². The van der Waals surface area contributed by atoms with Gasteiger partial charge < -0.3 is 77.7 Å². The molecule has 16 bridgehead atoms. The van der Waals surface area contributed by atoms with Crippen LogP contribution in [0.15, 0.2) is 233 Å². The Hall–Kier alpha value is -11.3. The van der Waals surface area contributed by atoms with Crippen molar-refractivity contribution in [3.8, 4) is 90.1 Å². The Bertz CT molecular complexity index is 7840. The molecule has 14 aromatic rings. The fourth-order valence-corrected chi connectivity index (χ4v) is 17.2. The van der Waals surface area contributed by atoms with Crippen molar-refractivity contribution in [2.24, 2.45) is 0 Å². The Morgan fingerprint density at radius 1 is 0.262 bits per heavy atom. The summed E-state index contributed by atoms with van der Waals surface area (Å²) in [5.74, 6) is -0.379. The summed E-state index contributed by atoms with van der Waals surface area (Å²) in [4.78, 5) is 54.4. The predicted octanol–water partition coefficient (Wildman–Crippen LogP) is 8.59. The maximum atomic E-state index is 12.1. The van der Waals surface area contributed by atoms with Crippen LogP contribution in [-0.2, 0) is 114 Å². The average Bonchev–Trinajstić information content (AvgIpc) is 1.61. The summed E-state index contributed by atoms with van der Waals surface area (Å²) in [7, 11) is -29.3. The second-order valence-electron chi connectivity index (χ2n) is 25.9. The van der Waals surface area contributed by atoms with E-state index in [2.05, 4.69) is 58.6 Å². The third-order valence-corrected chi connectivity index (χ3v) is 25.0. The zero-order valence-corrected chi connectivity index (χ0v) is 68.7. The van der Waals surface area contributed by atoms with Gasteiger partial charge in [-0.2, -0.15) is 8.67 Å². The first kappa shape index (κ1) is 85.6. The molecule has 0 saturated heterocycles. The third-order valence-electron chi connectivity index (χ3n) is 18.8. The van der Waals surface area contributed by atoms with Crippen molar-refractivity contribution < 1.29 is 141 Å². The van der Waals surface area contributed by atoms with E-state index >= 15 is 0 Å². The van der Waals surface area contributed by atoms with Gasteiger partial charge in [0.1, 0.15) is 60.7 Å². The van der Waals surface area contributed by atoms with Crippen LogP contribution in [-0.4, -0.2) is 118 Å². The summed E-state index contributed by atoms with van der Waals surface area (Å²) < 4.78 is 225. The van der Waals surface area contributed by atoms with E-state index in [-0.39, 0.29) is 113 Å². The molecule has 0 unspecified atom stereocenters. The van der Waals surface area contributed by atoms with Crippen LogP contribution in [0.2, 0.25) is 0 Å². The van der Waals surface area contributed by atoms with Gasteiger partial charge in [0.2, 0.25) is 0 Å². The Balaban J connectivity index is 0.000000188. The van der Waals surface area contributed by atoms with Crippen molar-refractivity contribution in [3.63, 3.8) is 0 Å². The molecule has 0 saturated carbocycles. The third kappa shape index (κ3) is 16.9. The van der Waals surface area contributed by atoms with Crippen LogP contribution in [0.4, 0.5) is 0 Å². The van der Waals surface area contributed by atoms with Gasteiger partial charge in [0.15, 0.2) is 0 Å². The van der Waals surface area contributed by atoms with Gasteiger partial charge in [-0.3, -0.25) is 10.1 Å². The average molecular weight is 1870 g/mol. The zero-order valence-electron chi connectivity index (χ0n) is 59.9. The largest absolute Gasteiger partial charge is 2.00 e. The SMILES string of the molecule is O=S(=O)([O-])c1ccc(-c2c3nc(c(-c4ccc(S(=O)(=O)[O-])cc4)c4ccc([n-]4)c(-c4ccc(S(=O)(=O)[O-])cc4)c4nc(c(-c5ccc(SOO[O-])cc5)c5ccc2[n-]5)C=C4)C=C3)cc1.O=S(=O)([O-])c1ccc2c(c1)-c1nc-2nc2[n-]c(nc3nc(nc4[n-]c(n1)c1ccc(S(=O)(=O)[O-])cc41)-c1ccc(SOO[O-])cc1-3)c1ccc(S(=O)(=O)[O-])cc21.[Fe+2].[Fe+2].